The molecule has 0 spiro atoms. The van der Waals surface area contributed by atoms with Crippen LogP contribution in [0.25, 0.3) is 0 Å². The summed E-state index contributed by atoms with van der Waals surface area (Å²) in [6.07, 6.45) is 2.25. The van der Waals surface area contributed by atoms with Gasteiger partial charge < -0.3 is 30.0 Å². The standard InChI is InChI=1S/C28H40N2O5Si/c1-18-26(34-3)22-17-19(30-28(32)23-7-6-15-29-23)8-13-24(22)35-27(18)25(14-16-31)36(4,5)21-11-9-20(33-2)10-12-21/h8-13,17-18,23,25-27,29,31H,6-7,14-16H2,1-5H3,(H,30,32)/t18-,23-,25?,26-,27-/m1/s1. The first-order valence-electron chi connectivity index (χ1n) is 12.9. The summed E-state index contributed by atoms with van der Waals surface area (Å²) in [6.45, 7) is 7.84. The molecule has 0 bridgehead atoms. The van der Waals surface area contributed by atoms with Crippen LogP contribution in [0.15, 0.2) is 42.5 Å². The van der Waals surface area contributed by atoms with Crippen molar-refractivity contribution >= 4 is 24.9 Å². The highest BCUT2D eigenvalue weighted by atomic mass is 28.3. The Morgan fingerprint density at radius 2 is 1.97 bits per heavy atom. The minimum atomic E-state index is -2.07. The third-order valence-corrected chi connectivity index (χ3v) is 12.4. The predicted molar refractivity (Wildman–Crippen MR) is 145 cm³/mol. The van der Waals surface area contributed by atoms with Gasteiger partial charge in [0.25, 0.3) is 0 Å². The fourth-order valence-electron chi connectivity index (χ4n) is 5.90. The molecule has 4 rings (SSSR count). The van der Waals surface area contributed by atoms with Gasteiger partial charge in [-0.2, -0.15) is 0 Å². The van der Waals surface area contributed by atoms with Gasteiger partial charge in [0, 0.05) is 30.9 Å². The van der Waals surface area contributed by atoms with Gasteiger partial charge in [-0.3, -0.25) is 4.79 Å². The van der Waals surface area contributed by atoms with Gasteiger partial charge in [-0.05, 0) is 61.7 Å². The zero-order chi connectivity index (χ0) is 25.9. The molecule has 2 aromatic rings. The van der Waals surface area contributed by atoms with Crippen LogP contribution in [-0.2, 0) is 9.53 Å². The fourth-order valence-corrected chi connectivity index (χ4v) is 9.40. The lowest BCUT2D eigenvalue weighted by Crippen LogP contribution is -2.54. The smallest absolute Gasteiger partial charge is 0.241 e. The van der Waals surface area contributed by atoms with Crippen molar-refractivity contribution in [2.24, 2.45) is 5.92 Å². The number of aliphatic hydroxyl groups excluding tert-OH is 1. The number of carbonyl (C=O) groups is 1. The lowest BCUT2D eigenvalue weighted by molar-refractivity contribution is -0.117. The summed E-state index contributed by atoms with van der Waals surface area (Å²) in [5.41, 5.74) is 1.87. The minimum Gasteiger partial charge on any atom is -0.497 e. The van der Waals surface area contributed by atoms with E-state index < -0.39 is 8.07 Å². The predicted octanol–water partition coefficient (Wildman–Crippen LogP) is 3.84. The second kappa shape index (κ2) is 11.3. The van der Waals surface area contributed by atoms with E-state index in [0.29, 0.717) is 6.42 Å². The van der Waals surface area contributed by atoms with Crippen LogP contribution in [-0.4, -0.2) is 58.6 Å². The maximum absolute atomic E-state index is 12.6. The number of rotatable bonds is 9. The van der Waals surface area contributed by atoms with E-state index in [-0.39, 0.29) is 42.2 Å². The molecule has 1 fully saturated rings. The van der Waals surface area contributed by atoms with E-state index in [1.807, 2.05) is 30.3 Å². The number of methoxy groups -OCH3 is 2. The van der Waals surface area contributed by atoms with Crippen molar-refractivity contribution in [2.45, 2.75) is 63.1 Å². The minimum absolute atomic E-state index is 0.000629. The molecule has 5 atom stereocenters. The molecule has 1 saturated heterocycles. The number of nitrogens with one attached hydrogen (secondary N) is 2. The van der Waals surface area contributed by atoms with Crippen LogP contribution in [0.4, 0.5) is 5.69 Å². The van der Waals surface area contributed by atoms with Crippen molar-refractivity contribution in [3.05, 3.63) is 48.0 Å². The molecule has 2 aliphatic heterocycles. The first kappa shape index (κ1) is 26.7. The summed E-state index contributed by atoms with van der Waals surface area (Å²) in [7, 11) is 1.34. The van der Waals surface area contributed by atoms with E-state index in [2.05, 4.69) is 42.8 Å². The number of hydrogen-bond acceptors (Lipinski definition) is 6. The maximum Gasteiger partial charge on any atom is 0.241 e. The molecule has 3 N–H and O–H groups in total. The molecule has 1 amide bonds. The molecular formula is C28H40N2O5Si. The van der Waals surface area contributed by atoms with Crippen molar-refractivity contribution in [1.29, 1.82) is 0 Å². The van der Waals surface area contributed by atoms with E-state index in [4.69, 9.17) is 14.2 Å². The summed E-state index contributed by atoms with van der Waals surface area (Å²) in [5.74, 6) is 1.68. The third kappa shape index (κ3) is 5.32. The highest BCUT2D eigenvalue weighted by Gasteiger charge is 2.47. The maximum atomic E-state index is 12.6. The zero-order valence-corrected chi connectivity index (χ0v) is 23.0. The molecule has 0 aliphatic carbocycles. The van der Waals surface area contributed by atoms with Crippen LogP contribution in [0, 0.1) is 5.92 Å². The van der Waals surface area contributed by atoms with Gasteiger partial charge in [-0.25, -0.2) is 0 Å². The quantitative estimate of drug-likeness (QED) is 0.443. The Kier molecular flexibility index (Phi) is 8.40. The number of hydrogen-bond donors (Lipinski definition) is 3. The van der Waals surface area contributed by atoms with Crippen molar-refractivity contribution in [2.75, 3.05) is 32.7 Å². The molecule has 2 aromatic carbocycles. The van der Waals surface area contributed by atoms with Gasteiger partial charge in [0.2, 0.25) is 5.91 Å². The van der Waals surface area contributed by atoms with Gasteiger partial charge in [0.05, 0.1) is 27.3 Å². The molecule has 36 heavy (non-hydrogen) atoms. The van der Waals surface area contributed by atoms with E-state index in [0.717, 1.165) is 42.1 Å². The number of ether oxygens (including phenoxy) is 3. The number of amides is 1. The number of fused-ring (bicyclic) bond motifs is 1. The molecule has 2 aliphatic rings. The SMILES string of the molecule is COc1ccc([Si](C)(C)C(CCO)[C@@H]2Oc3ccc(NC(=O)[C@H]4CCCN4)cc3[C@H](OC)[C@H]2C)cc1. The monoisotopic (exact) mass is 512 g/mol. The van der Waals surface area contributed by atoms with Crippen LogP contribution in [0.1, 0.15) is 37.9 Å². The highest BCUT2D eigenvalue weighted by Crippen LogP contribution is 2.47. The molecule has 8 heteroatoms. The van der Waals surface area contributed by atoms with E-state index >= 15 is 0 Å². The summed E-state index contributed by atoms with van der Waals surface area (Å²) in [5, 5.41) is 17.6. The lowest BCUT2D eigenvalue weighted by Gasteiger charge is -2.45. The lowest BCUT2D eigenvalue weighted by atomic mass is 9.86. The Balaban J connectivity index is 1.61. The van der Waals surface area contributed by atoms with Gasteiger partial charge >= 0.3 is 0 Å². The van der Waals surface area contributed by atoms with Crippen molar-refractivity contribution < 1.29 is 24.1 Å². The second-order valence-electron chi connectivity index (χ2n) is 10.6. The normalized spacial score (nSPS) is 24.5. The van der Waals surface area contributed by atoms with Crippen LogP contribution >= 0.6 is 0 Å². The number of aliphatic hydroxyl groups is 1. The van der Waals surface area contributed by atoms with E-state index in [1.54, 1.807) is 14.2 Å². The summed E-state index contributed by atoms with van der Waals surface area (Å²) >= 11 is 0. The third-order valence-electron chi connectivity index (χ3n) is 8.07. The Bertz CT molecular complexity index is 1040. The molecule has 7 nitrogen and oxygen atoms in total. The Hall–Kier alpha value is -2.39. The molecule has 0 saturated carbocycles. The number of anilines is 1. The largest absolute Gasteiger partial charge is 0.497 e. The number of benzene rings is 2. The molecule has 0 radical (unpaired) electrons. The number of carbonyl (C=O) groups excluding carboxylic acids is 1. The Morgan fingerprint density at radius 1 is 1.22 bits per heavy atom. The highest BCUT2D eigenvalue weighted by molar-refractivity contribution is 6.91. The molecule has 2 heterocycles. The van der Waals surface area contributed by atoms with Crippen molar-refractivity contribution in [3.8, 4) is 11.5 Å². The topological polar surface area (TPSA) is 89.0 Å². The zero-order valence-electron chi connectivity index (χ0n) is 22.0. The molecule has 1 unspecified atom stereocenters. The Labute approximate surface area is 215 Å². The summed E-state index contributed by atoms with van der Waals surface area (Å²) in [4.78, 5) is 12.6. The van der Waals surface area contributed by atoms with E-state index in [9.17, 15) is 9.90 Å². The Morgan fingerprint density at radius 3 is 2.58 bits per heavy atom. The summed E-state index contributed by atoms with van der Waals surface area (Å²) in [6, 6.07) is 14.0. The van der Waals surface area contributed by atoms with Gasteiger partial charge in [-0.1, -0.05) is 37.3 Å². The average Bonchev–Trinajstić information content (AvgIpc) is 3.42. The van der Waals surface area contributed by atoms with Crippen LogP contribution in [0.2, 0.25) is 18.6 Å². The van der Waals surface area contributed by atoms with Crippen molar-refractivity contribution in [3.63, 3.8) is 0 Å². The van der Waals surface area contributed by atoms with Crippen LogP contribution in [0.5, 0.6) is 11.5 Å². The van der Waals surface area contributed by atoms with Crippen LogP contribution in [0.3, 0.4) is 0 Å². The van der Waals surface area contributed by atoms with Gasteiger partial charge in [-0.15, -0.1) is 0 Å². The average molecular weight is 513 g/mol. The van der Waals surface area contributed by atoms with Gasteiger partial charge in [0.15, 0.2) is 0 Å². The fraction of sp³-hybridized carbons (Fsp3) is 0.536. The molecule has 196 valence electrons. The van der Waals surface area contributed by atoms with Gasteiger partial charge in [0.1, 0.15) is 17.6 Å². The van der Waals surface area contributed by atoms with Crippen molar-refractivity contribution in [1.82, 2.24) is 5.32 Å². The summed E-state index contributed by atoms with van der Waals surface area (Å²) < 4.78 is 18.1. The van der Waals surface area contributed by atoms with E-state index in [1.165, 1.54) is 5.19 Å². The first-order valence-corrected chi connectivity index (χ1v) is 16.0. The first-order chi connectivity index (χ1) is 17.3. The molecule has 0 aromatic heterocycles. The second-order valence-corrected chi connectivity index (χ2v) is 15.3. The van der Waals surface area contributed by atoms with Crippen LogP contribution < -0.4 is 25.3 Å². The molecular weight excluding hydrogens is 472 g/mol.